The van der Waals surface area contributed by atoms with Gasteiger partial charge in [0.15, 0.2) is 5.11 Å². The van der Waals surface area contributed by atoms with Crippen molar-refractivity contribution in [3.05, 3.63) is 59.7 Å². The molecule has 0 radical (unpaired) electrons. The highest BCUT2D eigenvalue weighted by molar-refractivity contribution is 7.80. The highest BCUT2D eigenvalue weighted by Gasteiger charge is 2.07. The van der Waals surface area contributed by atoms with E-state index in [0.717, 1.165) is 23.4 Å². The summed E-state index contributed by atoms with van der Waals surface area (Å²) in [4.78, 5) is 0. The number of methoxy groups -OCH3 is 1. The number of benzene rings is 2. The topological polar surface area (TPSA) is 33.3 Å². The van der Waals surface area contributed by atoms with E-state index >= 15 is 0 Å². The van der Waals surface area contributed by atoms with Gasteiger partial charge in [-0.2, -0.15) is 0 Å². The maximum Gasteiger partial charge on any atom is 0.171 e. The van der Waals surface area contributed by atoms with E-state index in [2.05, 4.69) is 36.6 Å². The molecular weight excluding hydrogens is 292 g/mol. The number of aryl methyl sites for hydroxylation is 1. The quantitative estimate of drug-likeness (QED) is 0.806. The van der Waals surface area contributed by atoms with Gasteiger partial charge in [-0.15, -0.1) is 0 Å². The van der Waals surface area contributed by atoms with Gasteiger partial charge in [0, 0.05) is 5.69 Å². The zero-order chi connectivity index (χ0) is 15.9. The van der Waals surface area contributed by atoms with E-state index < -0.39 is 0 Å². The van der Waals surface area contributed by atoms with Gasteiger partial charge in [-0.1, -0.05) is 31.2 Å². The molecule has 0 heterocycles. The minimum absolute atomic E-state index is 0.126. The number of hydrogen-bond acceptors (Lipinski definition) is 2. The second-order valence-electron chi connectivity index (χ2n) is 5.14. The van der Waals surface area contributed by atoms with Crippen LogP contribution in [-0.4, -0.2) is 12.2 Å². The lowest BCUT2D eigenvalue weighted by Gasteiger charge is -2.18. The molecule has 0 fully saturated rings. The maximum atomic E-state index is 5.38. The standard InChI is InChI=1S/C18H22N2OS/c1-4-14-5-9-16(10-6-14)20-18(22)19-13(2)15-7-11-17(21-3)12-8-15/h5-13H,4H2,1-3H3,(H2,19,20,22)/t13-/m1/s1. The first-order valence-electron chi connectivity index (χ1n) is 7.42. The van der Waals surface area contributed by atoms with E-state index in [-0.39, 0.29) is 6.04 Å². The molecule has 0 spiro atoms. The smallest absolute Gasteiger partial charge is 0.171 e. The fourth-order valence-electron chi connectivity index (χ4n) is 2.16. The Kier molecular flexibility index (Phi) is 5.78. The highest BCUT2D eigenvalue weighted by atomic mass is 32.1. The van der Waals surface area contributed by atoms with Crippen LogP contribution in [0.4, 0.5) is 5.69 Å². The third-order valence-electron chi connectivity index (χ3n) is 3.58. The molecule has 2 aromatic rings. The van der Waals surface area contributed by atoms with Gasteiger partial charge in [0.05, 0.1) is 13.2 Å². The molecule has 0 aliphatic carbocycles. The van der Waals surface area contributed by atoms with Gasteiger partial charge < -0.3 is 15.4 Å². The predicted molar refractivity (Wildman–Crippen MR) is 96.6 cm³/mol. The second kappa shape index (κ2) is 7.80. The Morgan fingerprint density at radius 2 is 1.73 bits per heavy atom. The van der Waals surface area contributed by atoms with Crippen LogP contribution in [0.1, 0.15) is 31.0 Å². The van der Waals surface area contributed by atoms with Gasteiger partial charge in [-0.05, 0) is 61.0 Å². The van der Waals surface area contributed by atoms with E-state index in [1.165, 1.54) is 5.56 Å². The Balaban J connectivity index is 1.92. The molecule has 0 unspecified atom stereocenters. The summed E-state index contributed by atoms with van der Waals surface area (Å²) in [6.45, 7) is 4.22. The van der Waals surface area contributed by atoms with Crippen molar-refractivity contribution in [3.63, 3.8) is 0 Å². The Hall–Kier alpha value is -2.07. The van der Waals surface area contributed by atoms with Gasteiger partial charge in [0.2, 0.25) is 0 Å². The fraction of sp³-hybridized carbons (Fsp3) is 0.278. The molecule has 2 N–H and O–H groups in total. The molecule has 3 nitrogen and oxygen atoms in total. The molecule has 1 atom stereocenters. The van der Waals surface area contributed by atoms with E-state index in [1.807, 2.05) is 36.4 Å². The minimum Gasteiger partial charge on any atom is -0.497 e. The van der Waals surface area contributed by atoms with E-state index in [9.17, 15) is 0 Å². The van der Waals surface area contributed by atoms with E-state index in [4.69, 9.17) is 17.0 Å². The van der Waals surface area contributed by atoms with Crippen LogP contribution in [0.15, 0.2) is 48.5 Å². The first kappa shape index (κ1) is 16.3. The largest absolute Gasteiger partial charge is 0.497 e. The minimum atomic E-state index is 0.126. The van der Waals surface area contributed by atoms with Crippen molar-refractivity contribution in [2.24, 2.45) is 0 Å². The van der Waals surface area contributed by atoms with Gasteiger partial charge >= 0.3 is 0 Å². The van der Waals surface area contributed by atoms with Crippen LogP contribution in [0.2, 0.25) is 0 Å². The summed E-state index contributed by atoms with van der Waals surface area (Å²) in [7, 11) is 1.67. The summed E-state index contributed by atoms with van der Waals surface area (Å²) in [5, 5.41) is 7.12. The average Bonchev–Trinajstić information content (AvgIpc) is 2.55. The number of hydrogen-bond donors (Lipinski definition) is 2. The summed E-state index contributed by atoms with van der Waals surface area (Å²) in [5.74, 6) is 0.854. The number of rotatable bonds is 5. The molecule has 0 bridgehead atoms. The summed E-state index contributed by atoms with van der Waals surface area (Å²) in [6, 6.07) is 16.4. The van der Waals surface area contributed by atoms with Crippen LogP contribution in [0.3, 0.4) is 0 Å². The fourth-order valence-corrected chi connectivity index (χ4v) is 2.46. The first-order valence-corrected chi connectivity index (χ1v) is 7.83. The van der Waals surface area contributed by atoms with Gasteiger partial charge in [-0.3, -0.25) is 0 Å². The number of nitrogens with one attached hydrogen (secondary N) is 2. The molecule has 116 valence electrons. The van der Waals surface area contributed by atoms with Crippen molar-refractivity contribution < 1.29 is 4.74 Å². The summed E-state index contributed by atoms with van der Waals surface area (Å²) < 4.78 is 5.17. The zero-order valence-corrected chi connectivity index (χ0v) is 14.0. The van der Waals surface area contributed by atoms with Crippen LogP contribution < -0.4 is 15.4 Å². The van der Waals surface area contributed by atoms with E-state index in [1.54, 1.807) is 7.11 Å². The number of thiocarbonyl (C=S) groups is 1. The van der Waals surface area contributed by atoms with Crippen LogP contribution in [0, 0.1) is 0 Å². The molecule has 2 aromatic carbocycles. The van der Waals surface area contributed by atoms with Crippen LogP contribution in [0.5, 0.6) is 5.75 Å². The second-order valence-corrected chi connectivity index (χ2v) is 5.55. The SMILES string of the molecule is CCc1ccc(NC(=S)N[C@H](C)c2ccc(OC)cc2)cc1. The summed E-state index contributed by atoms with van der Waals surface area (Å²) in [5.41, 5.74) is 3.47. The van der Waals surface area contributed by atoms with Crippen molar-refractivity contribution in [1.82, 2.24) is 5.32 Å². The van der Waals surface area contributed by atoms with Crippen molar-refractivity contribution in [2.75, 3.05) is 12.4 Å². The zero-order valence-electron chi connectivity index (χ0n) is 13.2. The lowest BCUT2D eigenvalue weighted by atomic mass is 10.1. The van der Waals surface area contributed by atoms with E-state index in [0.29, 0.717) is 5.11 Å². The third kappa shape index (κ3) is 4.46. The summed E-state index contributed by atoms with van der Waals surface area (Å²) in [6.07, 6.45) is 1.04. The molecule has 0 aromatic heterocycles. The van der Waals surface area contributed by atoms with Crippen LogP contribution >= 0.6 is 12.2 Å². The first-order chi connectivity index (χ1) is 10.6. The Morgan fingerprint density at radius 1 is 1.09 bits per heavy atom. The van der Waals surface area contributed by atoms with Crippen molar-refractivity contribution in [2.45, 2.75) is 26.3 Å². The van der Waals surface area contributed by atoms with Crippen molar-refractivity contribution in [3.8, 4) is 5.75 Å². The Morgan fingerprint density at radius 3 is 2.27 bits per heavy atom. The van der Waals surface area contributed by atoms with Gasteiger partial charge in [0.25, 0.3) is 0 Å². The summed E-state index contributed by atoms with van der Waals surface area (Å²) >= 11 is 5.38. The molecule has 2 rings (SSSR count). The van der Waals surface area contributed by atoms with Gasteiger partial charge in [0.1, 0.15) is 5.75 Å². The molecule has 0 saturated carbocycles. The lowest BCUT2D eigenvalue weighted by molar-refractivity contribution is 0.414. The molecule has 0 aliphatic rings. The lowest BCUT2D eigenvalue weighted by Crippen LogP contribution is -2.30. The monoisotopic (exact) mass is 314 g/mol. The number of ether oxygens (including phenoxy) is 1. The highest BCUT2D eigenvalue weighted by Crippen LogP contribution is 2.17. The molecule has 4 heteroatoms. The molecule has 0 amide bonds. The Labute approximate surface area is 137 Å². The Bertz CT molecular complexity index is 608. The molecule has 0 saturated heterocycles. The molecule has 22 heavy (non-hydrogen) atoms. The van der Waals surface area contributed by atoms with Crippen molar-refractivity contribution >= 4 is 23.0 Å². The average molecular weight is 314 g/mol. The third-order valence-corrected chi connectivity index (χ3v) is 3.80. The van der Waals surface area contributed by atoms with Crippen LogP contribution in [0.25, 0.3) is 0 Å². The molecule has 0 aliphatic heterocycles. The normalized spacial score (nSPS) is 11.6. The number of anilines is 1. The predicted octanol–water partition coefficient (Wildman–Crippen LogP) is 4.31. The molecular formula is C18H22N2OS. The van der Waals surface area contributed by atoms with Gasteiger partial charge in [-0.25, -0.2) is 0 Å². The van der Waals surface area contributed by atoms with Crippen molar-refractivity contribution in [1.29, 1.82) is 0 Å². The van der Waals surface area contributed by atoms with Crippen LogP contribution in [-0.2, 0) is 6.42 Å². The maximum absolute atomic E-state index is 5.38.